The Bertz CT molecular complexity index is 836. The second kappa shape index (κ2) is 7.84. The number of sulfonamides is 1. The number of halogens is 1. The average molecular weight is 429 g/mol. The highest BCUT2D eigenvalue weighted by Crippen LogP contribution is 2.33. The Labute approximate surface area is 172 Å². The van der Waals surface area contributed by atoms with Crippen molar-refractivity contribution in [2.45, 2.75) is 57.3 Å². The van der Waals surface area contributed by atoms with Gasteiger partial charge in [-0.25, -0.2) is 17.5 Å². The van der Waals surface area contributed by atoms with Crippen LogP contribution < -0.4 is 0 Å². The highest BCUT2D eigenvalue weighted by Gasteiger charge is 2.44. The fourth-order valence-electron chi connectivity index (χ4n) is 3.83. The van der Waals surface area contributed by atoms with Crippen molar-refractivity contribution in [3.05, 3.63) is 34.3 Å². The van der Waals surface area contributed by atoms with Crippen LogP contribution in [0.2, 0.25) is 5.02 Å². The van der Waals surface area contributed by atoms with E-state index in [1.54, 1.807) is 25.1 Å². The molecule has 1 amide bonds. The molecule has 2 aliphatic rings. The summed E-state index contributed by atoms with van der Waals surface area (Å²) in [6.07, 6.45) is 1.14. The Morgan fingerprint density at radius 3 is 2.32 bits per heavy atom. The molecule has 0 atom stereocenters. The summed E-state index contributed by atoms with van der Waals surface area (Å²) >= 11 is 6.04. The van der Waals surface area contributed by atoms with Gasteiger partial charge < -0.3 is 9.64 Å². The van der Waals surface area contributed by atoms with Crippen LogP contribution in [-0.2, 0) is 14.8 Å². The molecule has 1 aromatic rings. The Balaban J connectivity index is 1.55. The summed E-state index contributed by atoms with van der Waals surface area (Å²) in [4.78, 5) is 13.5. The monoisotopic (exact) mass is 428 g/mol. The summed E-state index contributed by atoms with van der Waals surface area (Å²) in [5.41, 5.74) is 1.82. The topological polar surface area (TPSA) is 66.9 Å². The van der Waals surface area contributed by atoms with Crippen LogP contribution in [-0.4, -0.2) is 60.7 Å². The largest absolute Gasteiger partial charge is 0.444 e. The van der Waals surface area contributed by atoms with Crippen LogP contribution in [0.25, 0.3) is 0 Å². The molecule has 8 heteroatoms. The molecule has 3 rings (SSSR count). The summed E-state index contributed by atoms with van der Waals surface area (Å²) in [6.45, 7) is 8.86. The van der Waals surface area contributed by atoms with Crippen molar-refractivity contribution in [3.63, 3.8) is 0 Å². The lowest BCUT2D eigenvalue weighted by Crippen LogP contribution is -2.61. The number of rotatable bonds is 3. The summed E-state index contributed by atoms with van der Waals surface area (Å²) in [5, 5.41) is 0.189. The van der Waals surface area contributed by atoms with Gasteiger partial charge in [0.05, 0.1) is 0 Å². The van der Waals surface area contributed by atoms with Gasteiger partial charge in [-0.2, -0.15) is 0 Å². The summed E-state index contributed by atoms with van der Waals surface area (Å²) < 4.78 is 32.7. The molecule has 0 radical (unpaired) electrons. The Morgan fingerprint density at radius 1 is 1.18 bits per heavy atom. The standard InChI is InChI=1S/C20H29ClN2O4S/c1-14-11-16(21)5-6-18(14)15-7-9-23(10-8-15)28(25,26)17-12-22(13-17)19(24)27-20(2,3)4/h5-6,11,15,17H,7-10,12-13H2,1-4H3. The van der Waals surface area contributed by atoms with Gasteiger partial charge in [0.25, 0.3) is 0 Å². The van der Waals surface area contributed by atoms with Crippen molar-refractivity contribution in [3.8, 4) is 0 Å². The molecule has 0 aromatic heterocycles. The predicted octanol–water partition coefficient (Wildman–Crippen LogP) is 3.78. The highest BCUT2D eigenvalue weighted by molar-refractivity contribution is 7.89. The number of carbonyl (C=O) groups is 1. The van der Waals surface area contributed by atoms with Gasteiger partial charge in [-0.1, -0.05) is 17.7 Å². The number of ether oxygens (including phenoxy) is 1. The van der Waals surface area contributed by atoms with Crippen LogP contribution >= 0.6 is 11.6 Å². The molecule has 2 saturated heterocycles. The minimum absolute atomic E-state index is 0.202. The molecule has 0 saturated carbocycles. The zero-order chi connectivity index (χ0) is 20.7. The van der Waals surface area contributed by atoms with Crippen molar-refractivity contribution < 1.29 is 17.9 Å². The third-order valence-electron chi connectivity index (χ3n) is 5.41. The van der Waals surface area contributed by atoms with E-state index in [4.69, 9.17) is 16.3 Å². The molecule has 6 nitrogen and oxygen atoms in total. The predicted molar refractivity (Wildman–Crippen MR) is 110 cm³/mol. The third kappa shape index (κ3) is 4.63. The van der Waals surface area contributed by atoms with Gasteiger partial charge in [0.1, 0.15) is 10.9 Å². The molecule has 2 heterocycles. The van der Waals surface area contributed by atoms with E-state index in [0.29, 0.717) is 19.0 Å². The zero-order valence-corrected chi connectivity index (χ0v) is 18.5. The van der Waals surface area contributed by atoms with Crippen LogP contribution in [0.5, 0.6) is 0 Å². The molecule has 28 heavy (non-hydrogen) atoms. The first-order valence-electron chi connectivity index (χ1n) is 9.70. The number of piperidine rings is 1. The maximum Gasteiger partial charge on any atom is 0.410 e. The van der Waals surface area contributed by atoms with Crippen LogP contribution in [0.15, 0.2) is 18.2 Å². The molecule has 0 bridgehead atoms. The second-order valence-electron chi connectivity index (χ2n) is 8.73. The quantitative estimate of drug-likeness (QED) is 0.734. The van der Waals surface area contributed by atoms with Crippen molar-refractivity contribution in [2.75, 3.05) is 26.2 Å². The number of hydrogen-bond donors (Lipinski definition) is 0. The first kappa shape index (κ1) is 21.4. The van der Waals surface area contributed by atoms with Crippen molar-refractivity contribution in [2.24, 2.45) is 0 Å². The maximum atomic E-state index is 12.9. The SMILES string of the molecule is Cc1cc(Cl)ccc1C1CCN(S(=O)(=O)C2CN(C(=O)OC(C)(C)C)C2)CC1. The fraction of sp³-hybridized carbons (Fsp3) is 0.650. The lowest BCUT2D eigenvalue weighted by atomic mass is 9.87. The molecule has 156 valence electrons. The van der Waals surface area contributed by atoms with Crippen LogP contribution in [0, 0.1) is 6.92 Å². The molecular formula is C20H29ClN2O4S. The van der Waals surface area contributed by atoms with E-state index < -0.39 is 27.0 Å². The molecular weight excluding hydrogens is 400 g/mol. The first-order chi connectivity index (χ1) is 13.0. The Morgan fingerprint density at radius 2 is 1.79 bits per heavy atom. The summed E-state index contributed by atoms with van der Waals surface area (Å²) in [6, 6.07) is 5.91. The fourth-order valence-corrected chi connectivity index (χ4v) is 5.94. The number of amides is 1. The lowest BCUT2D eigenvalue weighted by molar-refractivity contribution is 0.0135. The average Bonchev–Trinajstić information content (AvgIpc) is 2.51. The number of carbonyl (C=O) groups excluding carboxylic acids is 1. The zero-order valence-electron chi connectivity index (χ0n) is 16.9. The van der Waals surface area contributed by atoms with E-state index in [2.05, 4.69) is 6.07 Å². The molecule has 0 N–H and O–H groups in total. The van der Waals surface area contributed by atoms with E-state index in [1.165, 1.54) is 10.5 Å². The normalized spacial score (nSPS) is 20.1. The van der Waals surface area contributed by atoms with Gasteiger partial charge in [-0.3, -0.25) is 0 Å². The Kier molecular flexibility index (Phi) is 5.99. The van der Waals surface area contributed by atoms with E-state index >= 15 is 0 Å². The van der Waals surface area contributed by atoms with Gasteiger partial charge in [-0.05, 0) is 69.7 Å². The van der Waals surface area contributed by atoms with Crippen LogP contribution in [0.1, 0.15) is 50.7 Å². The maximum absolute atomic E-state index is 12.9. The molecule has 1 aromatic carbocycles. The number of nitrogens with zero attached hydrogens (tertiary/aromatic N) is 2. The van der Waals surface area contributed by atoms with Crippen molar-refractivity contribution in [1.29, 1.82) is 0 Å². The molecule has 0 aliphatic carbocycles. The number of likely N-dealkylation sites (tertiary alicyclic amines) is 1. The minimum atomic E-state index is -3.40. The Hall–Kier alpha value is -1.31. The van der Waals surface area contributed by atoms with E-state index in [9.17, 15) is 13.2 Å². The first-order valence-corrected chi connectivity index (χ1v) is 11.6. The van der Waals surface area contributed by atoms with Crippen LogP contribution in [0.3, 0.4) is 0 Å². The van der Waals surface area contributed by atoms with Gasteiger partial charge in [0.2, 0.25) is 10.0 Å². The second-order valence-corrected chi connectivity index (χ2v) is 11.4. The molecule has 2 fully saturated rings. The summed E-state index contributed by atoms with van der Waals surface area (Å²) in [7, 11) is -3.40. The number of hydrogen-bond acceptors (Lipinski definition) is 4. The molecule has 2 aliphatic heterocycles. The lowest BCUT2D eigenvalue weighted by Gasteiger charge is -2.42. The third-order valence-corrected chi connectivity index (χ3v) is 7.87. The van der Waals surface area contributed by atoms with Gasteiger partial charge in [-0.15, -0.1) is 0 Å². The molecule has 0 spiro atoms. The number of benzene rings is 1. The van der Waals surface area contributed by atoms with Gasteiger partial charge >= 0.3 is 6.09 Å². The summed E-state index contributed by atoms with van der Waals surface area (Å²) in [5.74, 6) is 0.350. The van der Waals surface area contributed by atoms with Crippen molar-refractivity contribution in [1.82, 2.24) is 9.21 Å². The van der Waals surface area contributed by atoms with E-state index in [1.807, 2.05) is 19.1 Å². The van der Waals surface area contributed by atoms with Crippen molar-refractivity contribution >= 4 is 27.7 Å². The van der Waals surface area contributed by atoms with Gasteiger partial charge in [0.15, 0.2) is 0 Å². The van der Waals surface area contributed by atoms with E-state index in [-0.39, 0.29) is 13.1 Å². The smallest absolute Gasteiger partial charge is 0.410 e. The van der Waals surface area contributed by atoms with E-state index in [0.717, 1.165) is 23.4 Å². The molecule has 0 unspecified atom stereocenters. The van der Waals surface area contributed by atoms with Gasteiger partial charge in [0, 0.05) is 31.2 Å². The minimum Gasteiger partial charge on any atom is -0.444 e. The van der Waals surface area contributed by atoms with Crippen LogP contribution in [0.4, 0.5) is 4.79 Å². The number of aryl methyl sites for hydroxylation is 1. The highest BCUT2D eigenvalue weighted by atomic mass is 35.5.